The lowest BCUT2D eigenvalue weighted by Crippen LogP contribution is -2.45. The van der Waals surface area contributed by atoms with Gasteiger partial charge < -0.3 is 29.2 Å². The first-order chi connectivity index (χ1) is 15.0. The predicted molar refractivity (Wildman–Crippen MR) is 121 cm³/mol. The van der Waals surface area contributed by atoms with Gasteiger partial charge in [0.2, 0.25) is 5.91 Å². The molecule has 8 nitrogen and oxygen atoms in total. The maximum absolute atomic E-state index is 13.2. The molecule has 0 bridgehead atoms. The van der Waals surface area contributed by atoms with Gasteiger partial charge in [0.25, 0.3) is 0 Å². The summed E-state index contributed by atoms with van der Waals surface area (Å²) < 4.78 is 12.5. The molecule has 2 aromatic rings. The largest absolute Gasteiger partial charge is 0.495 e. The zero-order chi connectivity index (χ0) is 22.6. The van der Waals surface area contributed by atoms with Crippen molar-refractivity contribution in [3.05, 3.63) is 48.3 Å². The highest BCUT2D eigenvalue weighted by Crippen LogP contribution is 2.23. The summed E-state index contributed by atoms with van der Waals surface area (Å²) in [5.41, 5.74) is 1.59. The Labute approximate surface area is 184 Å². The lowest BCUT2D eigenvalue weighted by Gasteiger charge is -2.28. The molecule has 0 spiro atoms. The van der Waals surface area contributed by atoms with Gasteiger partial charge in [-0.05, 0) is 30.7 Å². The van der Waals surface area contributed by atoms with Crippen molar-refractivity contribution in [2.24, 2.45) is 7.05 Å². The molecule has 0 unspecified atom stereocenters. The van der Waals surface area contributed by atoms with E-state index in [-0.39, 0.29) is 18.5 Å². The second-order valence-electron chi connectivity index (χ2n) is 7.32. The van der Waals surface area contributed by atoms with Crippen molar-refractivity contribution in [2.75, 3.05) is 45.8 Å². The summed E-state index contributed by atoms with van der Waals surface area (Å²) in [7, 11) is 5.11. The Kier molecular flexibility index (Phi) is 9.90. The summed E-state index contributed by atoms with van der Waals surface area (Å²) in [6.45, 7) is 3.88. The number of aromatic nitrogens is 1. The normalized spacial score (nSPS) is 10.6. The molecule has 1 heterocycles. The van der Waals surface area contributed by atoms with Crippen molar-refractivity contribution in [2.45, 2.75) is 26.3 Å². The van der Waals surface area contributed by atoms with E-state index < -0.39 is 0 Å². The molecule has 0 saturated carbocycles. The molecule has 0 aliphatic rings. The topological polar surface area (TPSA) is 76.0 Å². The van der Waals surface area contributed by atoms with Crippen LogP contribution in [0, 0.1) is 0 Å². The van der Waals surface area contributed by atoms with Crippen molar-refractivity contribution in [1.82, 2.24) is 14.4 Å². The van der Waals surface area contributed by atoms with E-state index in [1.807, 2.05) is 42.1 Å². The number of rotatable bonds is 12. The van der Waals surface area contributed by atoms with Crippen LogP contribution in [0.25, 0.3) is 0 Å². The summed E-state index contributed by atoms with van der Waals surface area (Å²) >= 11 is 0. The number of unbranched alkanes of at least 4 members (excludes halogenated alkanes) is 1. The Balaban J connectivity index is 2.12. The van der Waals surface area contributed by atoms with Gasteiger partial charge in [0.05, 0.1) is 25.9 Å². The fourth-order valence-corrected chi connectivity index (χ4v) is 3.16. The summed E-state index contributed by atoms with van der Waals surface area (Å²) in [5, 5.41) is 2.88. The maximum atomic E-state index is 13.2. The molecule has 0 atom stereocenters. The van der Waals surface area contributed by atoms with Crippen molar-refractivity contribution in [3.8, 4) is 5.75 Å². The van der Waals surface area contributed by atoms with Gasteiger partial charge >= 0.3 is 6.03 Å². The van der Waals surface area contributed by atoms with Crippen molar-refractivity contribution in [1.29, 1.82) is 0 Å². The minimum Gasteiger partial charge on any atom is -0.495 e. The summed E-state index contributed by atoms with van der Waals surface area (Å²) in [6, 6.07) is 10.8. The van der Waals surface area contributed by atoms with Crippen molar-refractivity contribution in [3.63, 3.8) is 0 Å². The zero-order valence-electron chi connectivity index (χ0n) is 19.0. The predicted octanol–water partition coefficient (Wildman–Crippen LogP) is 3.34. The number of amides is 3. The maximum Gasteiger partial charge on any atom is 0.322 e. The molecule has 170 valence electrons. The first kappa shape index (κ1) is 24.3. The SMILES string of the molecule is CCCCN(CC(=O)N(CCOC)Cc1cccn1C)C(=O)Nc1ccccc1OC. The number of para-hydroxylation sites is 2. The lowest BCUT2D eigenvalue weighted by atomic mass is 10.3. The number of carbonyl (C=O) groups is 2. The van der Waals surface area contributed by atoms with E-state index >= 15 is 0 Å². The number of methoxy groups -OCH3 is 2. The van der Waals surface area contributed by atoms with Crippen LogP contribution < -0.4 is 10.1 Å². The van der Waals surface area contributed by atoms with Gasteiger partial charge in [0, 0.05) is 39.1 Å². The molecule has 8 heteroatoms. The van der Waals surface area contributed by atoms with Gasteiger partial charge in [-0.1, -0.05) is 25.5 Å². The number of urea groups is 1. The van der Waals surface area contributed by atoms with E-state index in [1.165, 1.54) is 0 Å². The Bertz CT molecular complexity index is 836. The van der Waals surface area contributed by atoms with E-state index in [0.717, 1.165) is 18.5 Å². The fourth-order valence-electron chi connectivity index (χ4n) is 3.16. The van der Waals surface area contributed by atoms with E-state index in [1.54, 1.807) is 36.2 Å². The van der Waals surface area contributed by atoms with Gasteiger partial charge in [-0.25, -0.2) is 4.79 Å². The summed E-state index contributed by atoms with van der Waals surface area (Å²) in [6.07, 6.45) is 3.68. The molecular formula is C23H34N4O4. The van der Waals surface area contributed by atoms with Crippen LogP contribution >= 0.6 is 0 Å². The molecule has 1 N–H and O–H groups in total. The van der Waals surface area contributed by atoms with E-state index in [9.17, 15) is 9.59 Å². The van der Waals surface area contributed by atoms with E-state index in [0.29, 0.717) is 37.7 Å². The number of nitrogens with one attached hydrogen (secondary N) is 1. The first-order valence-corrected chi connectivity index (χ1v) is 10.6. The summed E-state index contributed by atoms with van der Waals surface area (Å²) in [4.78, 5) is 29.4. The number of nitrogens with zero attached hydrogens (tertiary/aromatic N) is 3. The van der Waals surface area contributed by atoms with Gasteiger partial charge in [0.1, 0.15) is 12.3 Å². The first-order valence-electron chi connectivity index (χ1n) is 10.6. The highest BCUT2D eigenvalue weighted by Gasteiger charge is 2.22. The van der Waals surface area contributed by atoms with Crippen LogP contribution in [0.15, 0.2) is 42.6 Å². The second kappa shape index (κ2) is 12.6. The average Bonchev–Trinajstić information content (AvgIpc) is 3.18. The molecule has 1 aromatic carbocycles. The molecule has 0 fully saturated rings. The van der Waals surface area contributed by atoms with Gasteiger partial charge in [-0.3, -0.25) is 4.79 Å². The number of hydrogen-bond donors (Lipinski definition) is 1. The Morgan fingerprint density at radius 3 is 2.48 bits per heavy atom. The number of benzene rings is 1. The Morgan fingerprint density at radius 1 is 1.06 bits per heavy atom. The highest BCUT2D eigenvalue weighted by molar-refractivity contribution is 5.93. The quantitative estimate of drug-likeness (QED) is 0.560. The standard InChI is InChI=1S/C23H34N4O4/c1-5-6-14-27(23(29)24-20-11-7-8-12-21(20)31-4)18-22(28)26(15-16-30-3)17-19-10-9-13-25(19)2/h7-13H,5-6,14-18H2,1-4H3,(H,24,29). The van der Waals surface area contributed by atoms with E-state index in [4.69, 9.17) is 9.47 Å². The molecular weight excluding hydrogens is 396 g/mol. The Hall–Kier alpha value is -3.00. The van der Waals surface area contributed by atoms with Crippen molar-refractivity contribution < 1.29 is 19.1 Å². The third kappa shape index (κ3) is 7.32. The zero-order valence-corrected chi connectivity index (χ0v) is 19.0. The van der Waals surface area contributed by atoms with Crippen molar-refractivity contribution >= 4 is 17.6 Å². The monoisotopic (exact) mass is 430 g/mol. The molecule has 0 radical (unpaired) electrons. The second-order valence-corrected chi connectivity index (χ2v) is 7.32. The lowest BCUT2D eigenvalue weighted by molar-refractivity contribution is -0.133. The minimum absolute atomic E-state index is 0.00484. The van der Waals surface area contributed by atoms with Crippen LogP contribution in [-0.4, -0.2) is 66.8 Å². The number of ether oxygens (including phenoxy) is 2. The van der Waals surface area contributed by atoms with E-state index in [2.05, 4.69) is 12.2 Å². The van der Waals surface area contributed by atoms with Gasteiger partial charge in [-0.15, -0.1) is 0 Å². The van der Waals surface area contributed by atoms with Crippen LogP contribution in [0.3, 0.4) is 0 Å². The van der Waals surface area contributed by atoms with Gasteiger partial charge in [0.15, 0.2) is 0 Å². The number of carbonyl (C=O) groups excluding carboxylic acids is 2. The molecule has 0 aliphatic heterocycles. The molecule has 2 rings (SSSR count). The van der Waals surface area contributed by atoms with Crippen LogP contribution in [0.5, 0.6) is 5.75 Å². The minimum atomic E-state index is -0.322. The third-order valence-corrected chi connectivity index (χ3v) is 5.07. The van der Waals surface area contributed by atoms with Crippen LogP contribution in [0.2, 0.25) is 0 Å². The summed E-state index contributed by atoms with van der Waals surface area (Å²) in [5.74, 6) is 0.451. The molecule has 0 aliphatic carbocycles. The number of aryl methyl sites for hydroxylation is 1. The number of anilines is 1. The smallest absolute Gasteiger partial charge is 0.322 e. The average molecular weight is 431 g/mol. The Morgan fingerprint density at radius 2 is 1.84 bits per heavy atom. The van der Waals surface area contributed by atoms with Gasteiger partial charge in [-0.2, -0.15) is 0 Å². The molecule has 31 heavy (non-hydrogen) atoms. The molecule has 1 aromatic heterocycles. The number of hydrogen-bond acceptors (Lipinski definition) is 4. The highest BCUT2D eigenvalue weighted by atomic mass is 16.5. The molecule has 3 amide bonds. The fraction of sp³-hybridized carbons (Fsp3) is 0.478. The third-order valence-electron chi connectivity index (χ3n) is 5.07. The van der Waals surface area contributed by atoms with Crippen LogP contribution in [0.1, 0.15) is 25.5 Å². The van der Waals surface area contributed by atoms with Crippen LogP contribution in [-0.2, 0) is 23.1 Å². The van der Waals surface area contributed by atoms with Crippen LogP contribution in [0.4, 0.5) is 10.5 Å². The molecule has 0 saturated heterocycles.